The fourth-order valence-corrected chi connectivity index (χ4v) is 5.57. The number of carbonyl (C=O) groups excluding carboxylic acids is 2. The van der Waals surface area contributed by atoms with Gasteiger partial charge in [0.2, 0.25) is 5.95 Å². The number of halogens is 6. The van der Waals surface area contributed by atoms with Crippen LogP contribution in [0.25, 0.3) is 5.69 Å². The lowest BCUT2D eigenvalue weighted by Gasteiger charge is -2.35. The van der Waals surface area contributed by atoms with Crippen LogP contribution >= 0.6 is 23.2 Å². The number of rotatable bonds is 6. The molecule has 2 atom stereocenters. The summed E-state index contributed by atoms with van der Waals surface area (Å²) >= 11 is 12.2. The molecule has 0 aliphatic carbocycles. The van der Waals surface area contributed by atoms with E-state index in [1.54, 1.807) is 36.9 Å². The number of hydrogen-bond acceptors (Lipinski definition) is 5. The molecule has 46 heavy (non-hydrogen) atoms. The molecule has 1 aliphatic heterocycles. The SMILES string of the molecule is CNC(=O)c1ccc(-n2c(NC(C)c3ccc(C(F)(F)F)c(F)c3)nc3c(c2=O)C[C@@H](C)N(C(=O)c2ccc(Cl)c(Cl)c2)C3)cc1. The van der Waals surface area contributed by atoms with E-state index in [4.69, 9.17) is 28.2 Å². The normalized spacial score (nSPS) is 15.2. The van der Waals surface area contributed by atoms with Crippen molar-refractivity contribution in [3.8, 4) is 5.69 Å². The summed E-state index contributed by atoms with van der Waals surface area (Å²) in [6, 6.07) is 12.0. The molecular weight excluding hydrogens is 649 g/mol. The molecule has 0 saturated carbocycles. The molecule has 4 aromatic rings. The molecule has 1 aliphatic rings. The maximum Gasteiger partial charge on any atom is 0.419 e. The number of aromatic nitrogens is 2. The third-order valence-corrected chi connectivity index (χ3v) is 8.54. The first-order chi connectivity index (χ1) is 21.7. The maximum absolute atomic E-state index is 14.4. The van der Waals surface area contributed by atoms with Gasteiger partial charge in [-0.25, -0.2) is 13.9 Å². The number of alkyl halides is 3. The van der Waals surface area contributed by atoms with Crippen LogP contribution in [-0.4, -0.2) is 39.4 Å². The van der Waals surface area contributed by atoms with Gasteiger partial charge in [-0.1, -0.05) is 29.3 Å². The zero-order valence-electron chi connectivity index (χ0n) is 24.7. The van der Waals surface area contributed by atoms with E-state index in [1.165, 1.54) is 35.9 Å². The van der Waals surface area contributed by atoms with Crippen molar-refractivity contribution in [2.75, 3.05) is 12.4 Å². The Bertz CT molecular complexity index is 1900. The number of benzene rings is 3. The van der Waals surface area contributed by atoms with E-state index >= 15 is 0 Å². The monoisotopic (exact) mass is 675 g/mol. The fraction of sp³-hybridized carbons (Fsp3) is 0.250. The number of anilines is 1. The Morgan fingerprint density at radius 3 is 2.28 bits per heavy atom. The van der Waals surface area contributed by atoms with Crippen LogP contribution in [0.4, 0.5) is 23.5 Å². The van der Waals surface area contributed by atoms with Crippen LogP contribution in [0.2, 0.25) is 10.0 Å². The molecule has 0 radical (unpaired) electrons. The van der Waals surface area contributed by atoms with E-state index < -0.39 is 35.2 Å². The second-order valence-electron chi connectivity index (χ2n) is 10.8. The second-order valence-corrected chi connectivity index (χ2v) is 11.7. The van der Waals surface area contributed by atoms with Crippen molar-refractivity contribution in [1.29, 1.82) is 0 Å². The molecule has 14 heteroatoms. The highest BCUT2D eigenvalue weighted by Gasteiger charge is 2.35. The molecular formula is C32H27Cl2F4N5O3. The Morgan fingerprint density at radius 1 is 1.00 bits per heavy atom. The molecule has 2 amide bonds. The van der Waals surface area contributed by atoms with E-state index in [1.807, 2.05) is 0 Å². The summed E-state index contributed by atoms with van der Waals surface area (Å²) in [5.74, 6) is -2.12. The van der Waals surface area contributed by atoms with Gasteiger partial charge in [-0.15, -0.1) is 0 Å². The van der Waals surface area contributed by atoms with Crippen LogP contribution in [0.3, 0.4) is 0 Å². The molecule has 2 heterocycles. The molecule has 240 valence electrons. The summed E-state index contributed by atoms with van der Waals surface area (Å²) in [6.07, 6.45) is -4.69. The molecule has 1 unspecified atom stereocenters. The van der Waals surface area contributed by atoms with Gasteiger partial charge in [0.05, 0.1) is 39.6 Å². The van der Waals surface area contributed by atoms with Gasteiger partial charge < -0.3 is 15.5 Å². The minimum Gasteiger partial charge on any atom is -0.355 e. The van der Waals surface area contributed by atoms with Gasteiger partial charge in [0.25, 0.3) is 17.4 Å². The van der Waals surface area contributed by atoms with Crippen LogP contribution in [0, 0.1) is 5.82 Å². The van der Waals surface area contributed by atoms with E-state index in [2.05, 4.69) is 10.6 Å². The first-order valence-corrected chi connectivity index (χ1v) is 14.8. The van der Waals surface area contributed by atoms with Gasteiger partial charge >= 0.3 is 6.18 Å². The molecule has 0 fully saturated rings. The lowest BCUT2D eigenvalue weighted by atomic mass is 9.98. The van der Waals surface area contributed by atoms with Crippen LogP contribution < -0.4 is 16.2 Å². The molecule has 1 aromatic heterocycles. The van der Waals surface area contributed by atoms with Crippen molar-refractivity contribution in [3.05, 3.63) is 120 Å². The second kappa shape index (κ2) is 12.8. The van der Waals surface area contributed by atoms with Gasteiger partial charge in [0, 0.05) is 29.8 Å². The molecule has 2 N–H and O–H groups in total. The number of fused-ring (bicyclic) bond motifs is 1. The number of nitrogens with one attached hydrogen (secondary N) is 2. The Morgan fingerprint density at radius 2 is 1.67 bits per heavy atom. The Labute approximate surface area is 271 Å². The molecule has 5 rings (SSSR count). The van der Waals surface area contributed by atoms with E-state index in [9.17, 15) is 31.9 Å². The fourth-order valence-electron chi connectivity index (χ4n) is 5.28. The van der Waals surface area contributed by atoms with Crippen LogP contribution in [-0.2, 0) is 19.1 Å². The van der Waals surface area contributed by atoms with Crippen molar-refractivity contribution in [2.45, 2.75) is 45.1 Å². The molecule has 0 spiro atoms. The first-order valence-electron chi connectivity index (χ1n) is 14.1. The highest BCUT2D eigenvalue weighted by atomic mass is 35.5. The predicted octanol–water partition coefficient (Wildman–Crippen LogP) is 6.82. The lowest BCUT2D eigenvalue weighted by molar-refractivity contribution is -0.140. The third kappa shape index (κ3) is 6.45. The summed E-state index contributed by atoms with van der Waals surface area (Å²) in [6.45, 7) is 3.35. The molecule has 0 bridgehead atoms. The van der Waals surface area contributed by atoms with Crippen molar-refractivity contribution >= 4 is 41.0 Å². The number of nitrogens with zero attached hydrogens (tertiary/aromatic N) is 3. The average molecular weight is 676 g/mol. The summed E-state index contributed by atoms with van der Waals surface area (Å²) in [4.78, 5) is 46.0. The van der Waals surface area contributed by atoms with E-state index in [0.29, 0.717) is 39.2 Å². The standard InChI is InChI=1S/C32H27Cl2F4N5O3/c1-16-12-22-27(15-42(16)29(45)20-7-11-24(33)25(34)13-20)41-31(40-17(2)19-6-10-23(26(35)14-19)32(36,37)38)43(30(22)46)21-8-4-18(5-9-21)28(44)39-3/h4-11,13-14,16-17H,12,15H2,1-3H3,(H,39,44)(H,40,41)/t16-,17?/m1/s1. The maximum atomic E-state index is 14.4. The van der Waals surface area contributed by atoms with Crippen molar-refractivity contribution in [1.82, 2.24) is 19.8 Å². The van der Waals surface area contributed by atoms with Crippen molar-refractivity contribution < 1.29 is 27.2 Å². The number of carbonyl (C=O) groups is 2. The van der Waals surface area contributed by atoms with E-state index in [0.717, 1.165) is 12.1 Å². The van der Waals surface area contributed by atoms with Gasteiger partial charge in [0.1, 0.15) is 5.82 Å². The van der Waals surface area contributed by atoms with Gasteiger partial charge in [0.15, 0.2) is 0 Å². The molecule has 3 aromatic carbocycles. The van der Waals surface area contributed by atoms with Gasteiger partial charge in [-0.2, -0.15) is 13.2 Å². The Kier molecular flexibility index (Phi) is 9.14. The highest BCUT2D eigenvalue weighted by molar-refractivity contribution is 6.42. The first kappa shape index (κ1) is 33.0. The van der Waals surface area contributed by atoms with Gasteiger partial charge in [-0.05, 0) is 80.4 Å². The van der Waals surface area contributed by atoms with Gasteiger partial charge in [-0.3, -0.25) is 14.4 Å². The van der Waals surface area contributed by atoms with Crippen LogP contribution in [0.5, 0.6) is 0 Å². The quantitative estimate of drug-likeness (QED) is 0.219. The number of amides is 2. The average Bonchev–Trinajstić information content (AvgIpc) is 3.01. The molecule has 0 saturated heterocycles. The smallest absolute Gasteiger partial charge is 0.355 e. The lowest BCUT2D eigenvalue weighted by Crippen LogP contribution is -2.46. The summed E-state index contributed by atoms with van der Waals surface area (Å²) < 4.78 is 55.2. The minimum absolute atomic E-state index is 0.000684. The van der Waals surface area contributed by atoms with E-state index in [-0.39, 0.29) is 41.3 Å². The number of hydrogen-bond donors (Lipinski definition) is 2. The summed E-state index contributed by atoms with van der Waals surface area (Å²) in [7, 11) is 1.48. The van der Waals surface area contributed by atoms with Crippen molar-refractivity contribution in [3.63, 3.8) is 0 Å². The topological polar surface area (TPSA) is 96.3 Å². The third-order valence-electron chi connectivity index (χ3n) is 7.80. The van der Waals surface area contributed by atoms with Crippen LogP contribution in [0.15, 0.2) is 65.5 Å². The predicted molar refractivity (Wildman–Crippen MR) is 166 cm³/mol. The highest BCUT2D eigenvalue weighted by Crippen LogP contribution is 2.33. The van der Waals surface area contributed by atoms with Crippen LogP contribution in [0.1, 0.15) is 63.0 Å². The zero-order valence-corrected chi connectivity index (χ0v) is 26.2. The Hall–Kier alpha value is -4.42. The zero-order chi connectivity index (χ0) is 33.5. The summed E-state index contributed by atoms with van der Waals surface area (Å²) in [5, 5.41) is 6.06. The van der Waals surface area contributed by atoms with Crippen molar-refractivity contribution in [2.24, 2.45) is 0 Å². The Balaban J connectivity index is 1.57. The summed E-state index contributed by atoms with van der Waals surface area (Å²) in [5.41, 5.74) is -0.0112. The minimum atomic E-state index is -4.86. The largest absolute Gasteiger partial charge is 0.419 e. The molecule has 8 nitrogen and oxygen atoms in total.